The van der Waals surface area contributed by atoms with Crippen molar-refractivity contribution < 1.29 is 13.9 Å². The lowest BCUT2D eigenvalue weighted by Gasteiger charge is -2.05. The Labute approximate surface area is 139 Å². The predicted octanol–water partition coefficient (Wildman–Crippen LogP) is 3.66. The second-order valence-corrected chi connectivity index (χ2v) is 5.29. The van der Waals surface area contributed by atoms with Gasteiger partial charge in [0.1, 0.15) is 5.75 Å². The molecule has 0 spiro atoms. The Bertz CT molecular complexity index is 903. The molecule has 0 aliphatic heterocycles. The van der Waals surface area contributed by atoms with Crippen molar-refractivity contribution >= 4 is 17.2 Å². The summed E-state index contributed by atoms with van der Waals surface area (Å²) in [6, 6.07) is 13.2. The van der Waals surface area contributed by atoms with E-state index in [2.05, 4.69) is 0 Å². The highest BCUT2D eigenvalue weighted by Crippen LogP contribution is 2.18. The molecule has 3 rings (SSSR count). The summed E-state index contributed by atoms with van der Waals surface area (Å²) in [5.41, 5.74) is 3.27. The molecular weight excluding hydrogens is 306 g/mol. The minimum atomic E-state index is -0.369. The first kappa shape index (κ1) is 15.9. The van der Waals surface area contributed by atoms with E-state index in [9.17, 15) is 4.79 Å². The number of hydrogen-bond acceptors (Lipinski definition) is 4. The highest BCUT2D eigenvalue weighted by Gasteiger charge is 2.10. The van der Waals surface area contributed by atoms with Gasteiger partial charge >= 0.3 is 5.76 Å². The van der Waals surface area contributed by atoms with E-state index in [4.69, 9.17) is 13.9 Å². The zero-order chi connectivity index (χ0) is 16.9. The lowest BCUT2D eigenvalue weighted by Crippen LogP contribution is -2.14. The van der Waals surface area contributed by atoms with Crippen molar-refractivity contribution in [1.29, 1.82) is 0 Å². The van der Waals surface area contributed by atoms with Gasteiger partial charge in [-0.3, -0.25) is 4.57 Å². The molecule has 2 aromatic carbocycles. The number of ether oxygens (including phenoxy) is 2. The van der Waals surface area contributed by atoms with Crippen molar-refractivity contribution in [1.82, 2.24) is 4.57 Å². The molecule has 0 atom stereocenters. The van der Waals surface area contributed by atoms with E-state index >= 15 is 0 Å². The van der Waals surface area contributed by atoms with Crippen LogP contribution in [-0.4, -0.2) is 18.3 Å². The van der Waals surface area contributed by atoms with Gasteiger partial charge in [-0.05, 0) is 48.4 Å². The predicted molar refractivity (Wildman–Crippen MR) is 93.2 cm³/mol. The molecule has 0 N–H and O–H groups in total. The maximum Gasteiger partial charge on any atom is 0.420 e. The Hall–Kier alpha value is -2.95. The molecule has 0 unspecified atom stereocenters. The lowest BCUT2D eigenvalue weighted by atomic mass is 10.2. The summed E-state index contributed by atoms with van der Waals surface area (Å²) >= 11 is 0. The topological polar surface area (TPSA) is 53.6 Å². The van der Waals surface area contributed by atoms with Gasteiger partial charge in [-0.2, -0.15) is 0 Å². The van der Waals surface area contributed by atoms with E-state index in [1.54, 1.807) is 24.0 Å². The third-order valence-electron chi connectivity index (χ3n) is 3.71. The average molecular weight is 325 g/mol. The van der Waals surface area contributed by atoms with Gasteiger partial charge in [0.05, 0.1) is 32.0 Å². The van der Waals surface area contributed by atoms with Gasteiger partial charge in [-0.1, -0.05) is 18.2 Å². The normalized spacial score (nSPS) is 11.2. The second-order valence-electron chi connectivity index (χ2n) is 5.29. The highest BCUT2D eigenvalue weighted by molar-refractivity contribution is 5.76. The SMILES string of the molecule is CCO/C=C/c1ccc2oc(=O)n(Cc3ccc(OC)cc3)c2c1. The first-order valence-electron chi connectivity index (χ1n) is 7.75. The quantitative estimate of drug-likeness (QED) is 0.649. The number of benzene rings is 2. The third kappa shape index (κ3) is 3.35. The summed E-state index contributed by atoms with van der Waals surface area (Å²) in [5, 5.41) is 0. The summed E-state index contributed by atoms with van der Waals surface area (Å²) in [5.74, 6) is 0.415. The summed E-state index contributed by atoms with van der Waals surface area (Å²) in [7, 11) is 1.63. The molecule has 24 heavy (non-hydrogen) atoms. The number of nitrogens with zero attached hydrogens (tertiary/aromatic N) is 1. The Morgan fingerprint density at radius 1 is 1.17 bits per heavy atom. The molecule has 0 bridgehead atoms. The minimum absolute atomic E-state index is 0.369. The van der Waals surface area contributed by atoms with Crippen molar-refractivity contribution in [2.45, 2.75) is 13.5 Å². The van der Waals surface area contributed by atoms with Gasteiger partial charge < -0.3 is 13.9 Å². The van der Waals surface area contributed by atoms with Crippen LogP contribution < -0.4 is 10.5 Å². The largest absolute Gasteiger partial charge is 0.501 e. The molecule has 1 heterocycles. The summed E-state index contributed by atoms with van der Waals surface area (Å²) in [6.45, 7) is 2.98. The Kier molecular flexibility index (Phi) is 4.70. The monoisotopic (exact) mass is 325 g/mol. The molecule has 5 heteroatoms. The molecule has 1 aromatic heterocycles. The van der Waals surface area contributed by atoms with Crippen LogP contribution in [0.5, 0.6) is 5.75 Å². The first-order valence-corrected chi connectivity index (χ1v) is 7.75. The molecular formula is C19H19NO4. The van der Waals surface area contributed by atoms with Crippen LogP contribution >= 0.6 is 0 Å². The van der Waals surface area contributed by atoms with Gasteiger partial charge in [-0.15, -0.1) is 0 Å². The van der Waals surface area contributed by atoms with Crippen molar-refractivity contribution in [3.8, 4) is 5.75 Å². The molecule has 0 aliphatic rings. The Morgan fingerprint density at radius 2 is 1.96 bits per heavy atom. The molecule has 0 saturated carbocycles. The average Bonchev–Trinajstić information content (AvgIpc) is 2.91. The number of hydrogen-bond donors (Lipinski definition) is 0. The van der Waals surface area contributed by atoms with Gasteiger partial charge in [0.15, 0.2) is 5.58 Å². The maximum atomic E-state index is 12.2. The fourth-order valence-corrected chi connectivity index (χ4v) is 2.47. The molecule has 0 aliphatic carbocycles. The van der Waals surface area contributed by atoms with Crippen LogP contribution in [0, 0.1) is 0 Å². The number of aromatic nitrogens is 1. The highest BCUT2D eigenvalue weighted by atomic mass is 16.5. The van der Waals surface area contributed by atoms with Crippen LogP contribution in [-0.2, 0) is 11.3 Å². The summed E-state index contributed by atoms with van der Waals surface area (Å²) in [6.07, 6.45) is 3.51. The molecule has 0 amide bonds. The zero-order valence-electron chi connectivity index (χ0n) is 13.7. The number of rotatable bonds is 6. The molecule has 3 aromatic rings. The van der Waals surface area contributed by atoms with E-state index in [0.717, 1.165) is 22.4 Å². The van der Waals surface area contributed by atoms with Gasteiger partial charge in [0.25, 0.3) is 0 Å². The first-order chi connectivity index (χ1) is 11.7. The van der Waals surface area contributed by atoms with Gasteiger partial charge in [-0.25, -0.2) is 4.79 Å². The van der Waals surface area contributed by atoms with E-state index < -0.39 is 0 Å². The number of methoxy groups -OCH3 is 1. The van der Waals surface area contributed by atoms with Crippen LogP contribution in [0.25, 0.3) is 17.2 Å². The van der Waals surface area contributed by atoms with E-state index in [1.165, 1.54) is 0 Å². The van der Waals surface area contributed by atoms with Crippen molar-refractivity contribution in [3.05, 3.63) is 70.4 Å². The van der Waals surface area contributed by atoms with Crippen molar-refractivity contribution in [2.75, 3.05) is 13.7 Å². The molecule has 124 valence electrons. The summed E-state index contributed by atoms with van der Waals surface area (Å²) in [4.78, 5) is 12.2. The minimum Gasteiger partial charge on any atom is -0.501 e. The Balaban J connectivity index is 1.94. The fourth-order valence-electron chi connectivity index (χ4n) is 2.47. The van der Waals surface area contributed by atoms with Gasteiger partial charge in [0, 0.05) is 0 Å². The van der Waals surface area contributed by atoms with Crippen molar-refractivity contribution in [3.63, 3.8) is 0 Å². The van der Waals surface area contributed by atoms with Crippen LogP contribution in [0.1, 0.15) is 18.1 Å². The standard InChI is InChI=1S/C19H19NO4/c1-3-23-11-10-14-6-9-18-17(12-14)20(19(21)24-18)13-15-4-7-16(22-2)8-5-15/h4-12H,3,13H2,1-2H3/b11-10+. The lowest BCUT2D eigenvalue weighted by molar-refractivity contribution is 0.272. The van der Waals surface area contributed by atoms with E-state index in [-0.39, 0.29) is 5.76 Å². The van der Waals surface area contributed by atoms with Crippen molar-refractivity contribution in [2.24, 2.45) is 0 Å². The number of fused-ring (bicyclic) bond motifs is 1. The zero-order valence-corrected chi connectivity index (χ0v) is 13.7. The third-order valence-corrected chi connectivity index (χ3v) is 3.71. The fraction of sp³-hybridized carbons (Fsp3) is 0.211. The van der Waals surface area contributed by atoms with E-state index in [1.807, 2.05) is 49.4 Å². The van der Waals surface area contributed by atoms with Crippen LogP contribution in [0.3, 0.4) is 0 Å². The molecule has 0 saturated heterocycles. The summed E-state index contributed by atoms with van der Waals surface area (Å²) < 4.78 is 17.3. The molecule has 5 nitrogen and oxygen atoms in total. The number of oxazole rings is 1. The van der Waals surface area contributed by atoms with Gasteiger partial charge in [0.2, 0.25) is 0 Å². The second kappa shape index (κ2) is 7.08. The molecule has 0 radical (unpaired) electrons. The van der Waals surface area contributed by atoms with Crippen LogP contribution in [0.4, 0.5) is 0 Å². The van der Waals surface area contributed by atoms with Crippen LogP contribution in [0.15, 0.2) is 57.9 Å². The smallest absolute Gasteiger partial charge is 0.420 e. The van der Waals surface area contributed by atoms with Crippen LogP contribution in [0.2, 0.25) is 0 Å². The Morgan fingerprint density at radius 3 is 2.67 bits per heavy atom. The maximum absolute atomic E-state index is 12.2. The van der Waals surface area contributed by atoms with E-state index in [0.29, 0.717) is 18.7 Å². The molecule has 0 fully saturated rings.